The first-order valence-corrected chi connectivity index (χ1v) is 8.48. The van der Waals surface area contributed by atoms with Gasteiger partial charge in [-0.25, -0.2) is 4.98 Å². The maximum absolute atomic E-state index is 6.02. The number of thiazole rings is 1. The lowest BCUT2D eigenvalue weighted by Crippen LogP contribution is -2.61. The molecule has 1 saturated carbocycles. The quantitative estimate of drug-likeness (QED) is 0.863. The van der Waals surface area contributed by atoms with E-state index in [9.17, 15) is 0 Å². The van der Waals surface area contributed by atoms with E-state index in [1.807, 2.05) is 0 Å². The number of nitrogens with one attached hydrogen (secondary N) is 1. The molecule has 3 unspecified atom stereocenters. The molecule has 1 N–H and O–H groups in total. The van der Waals surface area contributed by atoms with Crippen LogP contribution in [0.2, 0.25) is 0 Å². The first-order chi connectivity index (χ1) is 9.30. The van der Waals surface area contributed by atoms with Crippen molar-refractivity contribution in [2.45, 2.75) is 66.2 Å². The number of hydrogen-bond acceptors (Lipinski definition) is 4. The maximum Gasteiger partial charge on any atom is 0.110 e. The number of aryl methyl sites for hydroxylation is 1. The van der Waals surface area contributed by atoms with Crippen LogP contribution >= 0.6 is 11.3 Å². The average molecular weight is 296 g/mol. The third-order valence-electron chi connectivity index (χ3n) is 4.27. The minimum atomic E-state index is 0.204. The largest absolute Gasteiger partial charge is 0.377 e. The predicted octanol–water partition coefficient (Wildman–Crippen LogP) is 3.94. The van der Waals surface area contributed by atoms with Crippen LogP contribution in [0.5, 0.6) is 0 Å². The van der Waals surface area contributed by atoms with E-state index in [0.717, 1.165) is 18.7 Å². The second-order valence-electron chi connectivity index (χ2n) is 7.04. The molecule has 2 rings (SSSR count). The SMILES string of the molecule is Cc1csc(C(C)NC2CC(OCC(C)C)C2(C)C)n1. The van der Waals surface area contributed by atoms with E-state index in [0.29, 0.717) is 24.1 Å². The summed E-state index contributed by atoms with van der Waals surface area (Å²) in [5.74, 6) is 0.607. The van der Waals surface area contributed by atoms with Gasteiger partial charge >= 0.3 is 0 Å². The molecule has 4 heteroatoms. The van der Waals surface area contributed by atoms with E-state index >= 15 is 0 Å². The Hall–Kier alpha value is -0.450. The minimum Gasteiger partial charge on any atom is -0.377 e. The number of aromatic nitrogens is 1. The van der Waals surface area contributed by atoms with Crippen molar-refractivity contribution in [2.24, 2.45) is 11.3 Å². The Kier molecular flexibility index (Phi) is 4.88. The molecule has 0 aromatic carbocycles. The van der Waals surface area contributed by atoms with Crippen molar-refractivity contribution in [3.8, 4) is 0 Å². The predicted molar refractivity (Wildman–Crippen MR) is 85.2 cm³/mol. The average Bonchev–Trinajstić information content (AvgIpc) is 2.79. The van der Waals surface area contributed by atoms with Gasteiger partial charge in [-0.05, 0) is 26.2 Å². The summed E-state index contributed by atoms with van der Waals surface area (Å²) >= 11 is 1.74. The van der Waals surface area contributed by atoms with Crippen molar-refractivity contribution in [1.82, 2.24) is 10.3 Å². The van der Waals surface area contributed by atoms with Gasteiger partial charge in [0.25, 0.3) is 0 Å². The van der Waals surface area contributed by atoms with Crippen LogP contribution in [0.15, 0.2) is 5.38 Å². The zero-order valence-electron chi connectivity index (χ0n) is 13.6. The van der Waals surface area contributed by atoms with Crippen LogP contribution in [0, 0.1) is 18.3 Å². The monoisotopic (exact) mass is 296 g/mol. The molecule has 0 aliphatic heterocycles. The van der Waals surface area contributed by atoms with E-state index in [1.54, 1.807) is 11.3 Å². The van der Waals surface area contributed by atoms with E-state index in [-0.39, 0.29) is 5.41 Å². The molecule has 0 radical (unpaired) electrons. The maximum atomic E-state index is 6.02. The first kappa shape index (κ1) is 15.9. The highest BCUT2D eigenvalue weighted by Gasteiger charge is 2.49. The molecule has 0 saturated heterocycles. The Morgan fingerprint density at radius 1 is 1.45 bits per heavy atom. The highest BCUT2D eigenvalue weighted by Crippen LogP contribution is 2.44. The summed E-state index contributed by atoms with van der Waals surface area (Å²) in [5, 5.41) is 7.03. The zero-order chi connectivity index (χ0) is 14.9. The molecule has 0 spiro atoms. The first-order valence-electron chi connectivity index (χ1n) is 7.60. The van der Waals surface area contributed by atoms with E-state index < -0.39 is 0 Å². The molecule has 1 fully saturated rings. The molecule has 1 heterocycles. The van der Waals surface area contributed by atoms with Gasteiger partial charge < -0.3 is 10.1 Å². The van der Waals surface area contributed by atoms with Crippen LogP contribution in [0.3, 0.4) is 0 Å². The fourth-order valence-electron chi connectivity index (χ4n) is 2.70. The van der Waals surface area contributed by atoms with Crippen LogP contribution in [0.25, 0.3) is 0 Å². The van der Waals surface area contributed by atoms with Crippen molar-refractivity contribution in [3.63, 3.8) is 0 Å². The third kappa shape index (κ3) is 3.41. The molecule has 0 bridgehead atoms. The molecular weight excluding hydrogens is 268 g/mol. The smallest absolute Gasteiger partial charge is 0.110 e. The summed E-state index contributed by atoms with van der Waals surface area (Å²) in [6.45, 7) is 14.1. The van der Waals surface area contributed by atoms with Crippen LogP contribution < -0.4 is 5.32 Å². The molecule has 3 nitrogen and oxygen atoms in total. The summed E-state index contributed by atoms with van der Waals surface area (Å²) in [6, 6.07) is 0.836. The van der Waals surface area contributed by atoms with Crippen molar-refractivity contribution >= 4 is 11.3 Å². The Labute approximate surface area is 127 Å². The van der Waals surface area contributed by atoms with Crippen LogP contribution in [-0.4, -0.2) is 23.7 Å². The Balaban J connectivity index is 1.86. The molecule has 1 aliphatic carbocycles. The normalized spacial score (nSPS) is 26.6. The molecule has 0 amide bonds. The lowest BCUT2D eigenvalue weighted by atomic mass is 9.64. The van der Waals surface area contributed by atoms with E-state index in [2.05, 4.69) is 57.2 Å². The van der Waals surface area contributed by atoms with Crippen molar-refractivity contribution < 1.29 is 4.74 Å². The highest BCUT2D eigenvalue weighted by atomic mass is 32.1. The van der Waals surface area contributed by atoms with E-state index in [4.69, 9.17) is 4.74 Å². The van der Waals surface area contributed by atoms with Gasteiger partial charge in [-0.3, -0.25) is 0 Å². The number of nitrogens with zero attached hydrogens (tertiary/aromatic N) is 1. The summed E-state index contributed by atoms with van der Waals surface area (Å²) in [4.78, 5) is 4.57. The topological polar surface area (TPSA) is 34.1 Å². The van der Waals surface area contributed by atoms with Crippen LogP contribution in [0.4, 0.5) is 0 Å². The number of hydrogen-bond donors (Lipinski definition) is 1. The third-order valence-corrected chi connectivity index (χ3v) is 5.41. The fourth-order valence-corrected chi connectivity index (χ4v) is 3.52. The Bertz CT molecular complexity index is 441. The van der Waals surface area contributed by atoms with Gasteiger partial charge in [0.2, 0.25) is 0 Å². The molecule has 1 aromatic rings. The number of ether oxygens (including phenoxy) is 1. The second kappa shape index (κ2) is 6.12. The molecule has 3 atom stereocenters. The molecule has 1 aromatic heterocycles. The van der Waals surface area contributed by atoms with Crippen LogP contribution in [0.1, 0.15) is 57.8 Å². The van der Waals surface area contributed by atoms with Crippen LogP contribution in [-0.2, 0) is 4.74 Å². The van der Waals surface area contributed by atoms with Crippen molar-refractivity contribution in [2.75, 3.05) is 6.61 Å². The summed E-state index contributed by atoms with van der Waals surface area (Å²) < 4.78 is 6.02. The van der Waals surface area contributed by atoms with E-state index in [1.165, 1.54) is 5.01 Å². The lowest BCUT2D eigenvalue weighted by Gasteiger charge is -2.52. The summed E-state index contributed by atoms with van der Waals surface area (Å²) in [5.41, 5.74) is 1.32. The molecule has 1 aliphatic rings. The minimum absolute atomic E-state index is 0.204. The van der Waals surface area contributed by atoms with Gasteiger partial charge in [0, 0.05) is 29.1 Å². The molecule has 20 heavy (non-hydrogen) atoms. The van der Waals surface area contributed by atoms with Gasteiger partial charge in [0.05, 0.1) is 12.1 Å². The van der Waals surface area contributed by atoms with Gasteiger partial charge in [0.15, 0.2) is 0 Å². The van der Waals surface area contributed by atoms with Crippen molar-refractivity contribution in [1.29, 1.82) is 0 Å². The summed E-state index contributed by atoms with van der Waals surface area (Å²) in [7, 11) is 0. The van der Waals surface area contributed by atoms with Gasteiger partial charge in [-0.15, -0.1) is 11.3 Å². The standard InChI is InChI=1S/C16H28N2OS/c1-10(2)8-19-14-7-13(16(14,5)6)18-12(4)15-17-11(3)9-20-15/h9-10,12-14,18H,7-8H2,1-6H3. The molecule has 114 valence electrons. The second-order valence-corrected chi connectivity index (χ2v) is 7.93. The summed E-state index contributed by atoms with van der Waals surface area (Å²) in [6.07, 6.45) is 1.49. The van der Waals surface area contributed by atoms with Crippen molar-refractivity contribution in [3.05, 3.63) is 16.1 Å². The fraction of sp³-hybridized carbons (Fsp3) is 0.812. The van der Waals surface area contributed by atoms with Gasteiger partial charge in [-0.2, -0.15) is 0 Å². The highest BCUT2D eigenvalue weighted by molar-refractivity contribution is 7.09. The molecular formula is C16H28N2OS. The Morgan fingerprint density at radius 2 is 2.15 bits per heavy atom. The Morgan fingerprint density at radius 3 is 2.65 bits per heavy atom. The lowest BCUT2D eigenvalue weighted by molar-refractivity contribution is -0.125. The van der Waals surface area contributed by atoms with Gasteiger partial charge in [-0.1, -0.05) is 27.7 Å². The zero-order valence-corrected chi connectivity index (χ0v) is 14.4. The van der Waals surface area contributed by atoms with Gasteiger partial charge in [0.1, 0.15) is 5.01 Å². The number of rotatable bonds is 6.